The first-order chi connectivity index (χ1) is 16.8. The molecule has 3 aromatic rings. The second kappa shape index (κ2) is 10.3. The molecular weight excluding hydrogens is 440 g/mol. The Morgan fingerprint density at radius 2 is 1.66 bits per heavy atom. The maximum absolute atomic E-state index is 13.3. The number of ketones is 1. The number of carbonyl (C=O) groups is 2. The highest BCUT2D eigenvalue weighted by atomic mass is 16.5. The van der Waals surface area contributed by atoms with Gasteiger partial charge in [-0.05, 0) is 68.5 Å². The average Bonchev–Trinajstić information content (AvgIpc) is 3.19. The van der Waals surface area contributed by atoms with Gasteiger partial charge in [0.2, 0.25) is 0 Å². The summed E-state index contributed by atoms with van der Waals surface area (Å²) < 4.78 is 12.0. The van der Waals surface area contributed by atoms with Gasteiger partial charge in [-0.15, -0.1) is 0 Å². The van der Waals surface area contributed by atoms with E-state index in [0.717, 1.165) is 17.5 Å². The number of aliphatic carboxylic acids is 1. The van der Waals surface area contributed by atoms with Crippen LogP contribution in [0.4, 0.5) is 0 Å². The molecule has 0 saturated heterocycles. The molecule has 0 radical (unpaired) electrons. The maximum atomic E-state index is 13.3. The highest BCUT2D eigenvalue weighted by Gasteiger charge is 2.45. The van der Waals surface area contributed by atoms with Crippen LogP contribution in [0.1, 0.15) is 52.9 Å². The van der Waals surface area contributed by atoms with Crippen molar-refractivity contribution in [2.75, 3.05) is 6.61 Å². The standard InChI is InChI=1S/C30H32O5/c1-20(2)35-27-12-11-23(16-28(27)34-14-13-22-8-6-7-21(3)15-22)26(31)19-30(29(32)33)17-24-9-4-5-10-25(24)18-30/h4-12,15-16,20H,13-14,17-19H2,1-3H3,(H,32,33). The number of benzene rings is 3. The maximum Gasteiger partial charge on any atom is 0.310 e. The largest absolute Gasteiger partial charge is 0.489 e. The van der Waals surface area contributed by atoms with Crippen LogP contribution in [0.2, 0.25) is 0 Å². The molecule has 0 atom stereocenters. The van der Waals surface area contributed by atoms with E-state index in [1.54, 1.807) is 18.2 Å². The highest BCUT2D eigenvalue weighted by Crippen LogP contribution is 2.41. The molecule has 1 N–H and O–H groups in total. The Bertz CT molecular complexity index is 1200. The molecule has 3 aromatic carbocycles. The van der Waals surface area contributed by atoms with Crippen molar-refractivity contribution in [3.63, 3.8) is 0 Å². The third-order valence-electron chi connectivity index (χ3n) is 6.49. The topological polar surface area (TPSA) is 72.8 Å². The van der Waals surface area contributed by atoms with Crippen LogP contribution in [0.5, 0.6) is 11.5 Å². The molecule has 0 heterocycles. The predicted molar refractivity (Wildman–Crippen MR) is 135 cm³/mol. The smallest absolute Gasteiger partial charge is 0.310 e. The van der Waals surface area contributed by atoms with Gasteiger partial charge in [-0.3, -0.25) is 9.59 Å². The van der Waals surface area contributed by atoms with E-state index in [1.807, 2.05) is 44.2 Å². The van der Waals surface area contributed by atoms with Crippen molar-refractivity contribution >= 4 is 11.8 Å². The minimum Gasteiger partial charge on any atom is -0.489 e. The van der Waals surface area contributed by atoms with E-state index in [4.69, 9.17) is 9.47 Å². The summed E-state index contributed by atoms with van der Waals surface area (Å²) in [4.78, 5) is 25.6. The van der Waals surface area contributed by atoms with Crippen LogP contribution >= 0.6 is 0 Å². The van der Waals surface area contributed by atoms with Gasteiger partial charge in [0.05, 0.1) is 18.1 Å². The summed E-state index contributed by atoms with van der Waals surface area (Å²) in [6.07, 6.45) is 1.32. The summed E-state index contributed by atoms with van der Waals surface area (Å²) in [6.45, 7) is 6.36. The normalized spacial score (nSPS) is 13.9. The Balaban J connectivity index is 1.52. The number of rotatable bonds is 10. The van der Waals surface area contributed by atoms with Gasteiger partial charge >= 0.3 is 5.97 Å². The van der Waals surface area contributed by atoms with Crippen LogP contribution in [0, 0.1) is 12.3 Å². The molecular formula is C30H32O5. The fraction of sp³-hybridized carbons (Fsp3) is 0.333. The summed E-state index contributed by atoms with van der Waals surface area (Å²) >= 11 is 0. The number of ether oxygens (including phenoxy) is 2. The minimum atomic E-state index is -1.12. The van der Waals surface area contributed by atoms with Gasteiger partial charge in [0.1, 0.15) is 0 Å². The zero-order chi connectivity index (χ0) is 25.0. The molecule has 0 aromatic heterocycles. The lowest BCUT2D eigenvalue weighted by molar-refractivity contribution is -0.148. The molecule has 4 rings (SSSR count). The third kappa shape index (κ3) is 5.73. The molecule has 5 heteroatoms. The first-order valence-corrected chi connectivity index (χ1v) is 12.1. The number of carbonyl (C=O) groups excluding carboxylic acids is 1. The number of carboxylic acid groups (broad SMARTS) is 1. The molecule has 1 aliphatic rings. The molecule has 5 nitrogen and oxygen atoms in total. The first-order valence-electron chi connectivity index (χ1n) is 12.1. The average molecular weight is 473 g/mol. The van der Waals surface area contributed by atoms with Crippen molar-refractivity contribution in [3.05, 3.63) is 94.5 Å². The third-order valence-corrected chi connectivity index (χ3v) is 6.49. The highest BCUT2D eigenvalue weighted by molar-refractivity contribution is 5.99. The van der Waals surface area contributed by atoms with Gasteiger partial charge in [0, 0.05) is 18.4 Å². The SMILES string of the molecule is Cc1cccc(CCOc2cc(C(=O)CC3(C(=O)O)Cc4ccccc4C3)ccc2OC(C)C)c1. The number of hydrogen-bond acceptors (Lipinski definition) is 4. The van der Waals surface area contributed by atoms with Crippen LogP contribution in [0.15, 0.2) is 66.7 Å². The molecule has 0 fully saturated rings. The first kappa shape index (κ1) is 24.5. The minimum absolute atomic E-state index is 0.0528. The summed E-state index contributed by atoms with van der Waals surface area (Å²) in [5.74, 6) is -0.0745. The monoisotopic (exact) mass is 472 g/mol. The van der Waals surface area contributed by atoms with E-state index in [2.05, 4.69) is 25.1 Å². The summed E-state index contributed by atoms with van der Waals surface area (Å²) in [5.41, 5.74) is 3.68. The van der Waals surface area contributed by atoms with Crippen molar-refractivity contribution in [2.24, 2.45) is 5.41 Å². The van der Waals surface area contributed by atoms with Gasteiger partial charge in [-0.2, -0.15) is 0 Å². The molecule has 1 aliphatic carbocycles. The van der Waals surface area contributed by atoms with Gasteiger partial charge in [0.25, 0.3) is 0 Å². The fourth-order valence-electron chi connectivity index (χ4n) is 4.75. The summed E-state index contributed by atoms with van der Waals surface area (Å²) in [5, 5.41) is 10.1. The number of hydrogen-bond donors (Lipinski definition) is 1. The molecule has 182 valence electrons. The van der Waals surface area contributed by atoms with Gasteiger partial charge < -0.3 is 14.6 Å². The van der Waals surface area contributed by atoms with Crippen LogP contribution in [-0.2, 0) is 24.1 Å². The summed E-state index contributed by atoms with van der Waals surface area (Å²) in [7, 11) is 0. The van der Waals surface area contributed by atoms with Crippen molar-refractivity contribution in [2.45, 2.75) is 52.6 Å². The van der Waals surface area contributed by atoms with Crippen molar-refractivity contribution in [1.29, 1.82) is 0 Å². The number of Topliss-reactive ketones (excluding diaryl/α,β-unsaturated/α-hetero) is 1. The van der Waals surface area contributed by atoms with E-state index in [1.165, 1.54) is 11.1 Å². The zero-order valence-electron chi connectivity index (χ0n) is 20.5. The van der Waals surface area contributed by atoms with Gasteiger partial charge in [-0.25, -0.2) is 0 Å². The second-order valence-corrected chi connectivity index (χ2v) is 9.72. The predicted octanol–water partition coefficient (Wildman–Crippen LogP) is 5.85. The van der Waals surface area contributed by atoms with Crippen LogP contribution in [0.25, 0.3) is 0 Å². The number of fused-ring (bicyclic) bond motifs is 1. The summed E-state index contributed by atoms with van der Waals surface area (Å²) in [6, 6.07) is 21.1. The lowest BCUT2D eigenvalue weighted by Gasteiger charge is -2.23. The van der Waals surface area contributed by atoms with E-state index in [0.29, 0.717) is 36.5 Å². The van der Waals surface area contributed by atoms with Gasteiger partial charge in [-0.1, -0.05) is 54.1 Å². The van der Waals surface area contributed by atoms with Crippen molar-refractivity contribution in [1.82, 2.24) is 0 Å². The van der Waals surface area contributed by atoms with Crippen LogP contribution in [0.3, 0.4) is 0 Å². The van der Waals surface area contributed by atoms with Gasteiger partial charge in [0.15, 0.2) is 17.3 Å². The molecule has 0 spiro atoms. The number of carboxylic acids is 1. The Morgan fingerprint density at radius 1 is 0.943 bits per heavy atom. The quantitative estimate of drug-likeness (QED) is 0.375. The molecule has 0 aliphatic heterocycles. The van der Waals surface area contributed by atoms with E-state index >= 15 is 0 Å². The Morgan fingerprint density at radius 3 is 2.29 bits per heavy atom. The molecule has 35 heavy (non-hydrogen) atoms. The lowest BCUT2D eigenvalue weighted by Crippen LogP contribution is -2.34. The molecule has 0 amide bonds. The van der Waals surface area contributed by atoms with Crippen LogP contribution < -0.4 is 9.47 Å². The van der Waals surface area contributed by atoms with Crippen LogP contribution in [-0.4, -0.2) is 29.6 Å². The molecule has 0 bridgehead atoms. The van der Waals surface area contributed by atoms with E-state index in [9.17, 15) is 14.7 Å². The van der Waals surface area contributed by atoms with Crippen molar-refractivity contribution in [3.8, 4) is 11.5 Å². The van der Waals surface area contributed by atoms with E-state index in [-0.39, 0.29) is 18.3 Å². The van der Waals surface area contributed by atoms with E-state index < -0.39 is 11.4 Å². The fourth-order valence-corrected chi connectivity index (χ4v) is 4.75. The second-order valence-electron chi connectivity index (χ2n) is 9.72. The number of aryl methyl sites for hydroxylation is 1. The Labute approximate surface area is 206 Å². The Kier molecular flexibility index (Phi) is 7.25. The molecule has 0 unspecified atom stereocenters. The zero-order valence-corrected chi connectivity index (χ0v) is 20.5. The molecule has 0 saturated carbocycles. The lowest BCUT2D eigenvalue weighted by atomic mass is 9.79. The van der Waals surface area contributed by atoms with Crippen molar-refractivity contribution < 1.29 is 24.2 Å². The Hall–Kier alpha value is -3.60.